The van der Waals surface area contributed by atoms with Crippen LogP contribution in [0.25, 0.3) is 5.70 Å². The van der Waals surface area contributed by atoms with E-state index in [0.717, 1.165) is 105 Å². The molecule has 44 heavy (non-hydrogen) atoms. The Kier molecular flexibility index (Phi) is 11.0. The number of nitrogen functional groups attached to an aromatic ring is 1. The second kappa shape index (κ2) is 14.3. The zero-order valence-corrected chi connectivity index (χ0v) is 28.8. The Balaban J connectivity index is 0.000000670. The Labute approximate surface area is 269 Å². The lowest BCUT2D eigenvalue weighted by Gasteiger charge is -2.31. The van der Waals surface area contributed by atoms with Crippen molar-refractivity contribution in [1.82, 2.24) is 24.6 Å². The van der Waals surface area contributed by atoms with Crippen molar-refractivity contribution in [2.24, 2.45) is 5.73 Å². The molecule has 1 atom stereocenters. The molecule has 1 aliphatic heterocycles. The maximum absolute atomic E-state index is 6.68. The molecule has 1 aromatic carbocycles. The molecule has 9 heteroatoms. The third kappa shape index (κ3) is 7.94. The summed E-state index contributed by atoms with van der Waals surface area (Å²) in [6, 6.07) is 6.22. The first kappa shape index (κ1) is 33.8. The van der Waals surface area contributed by atoms with E-state index >= 15 is 0 Å². The number of fused-ring (bicyclic) bond motifs is 2. The average Bonchev–Trinajstić information content (AvgIpc) is 3.28. The molecular weight excluding hydrogens is 568 g/mol. The molecule has 0 bridgehead atoms. The maximum Gasteiger partial charge on any atom is 0.136 e. The molecule has 2 aliphatic rings. The number of hydrogen-bond donors (Lipinski definition) is 2. The Hall–Kier alpha value is -3.10. The van der Waals surface area contributed by atoms with Gasteiger partial charge in [-0.15, -0.1) is 0 Å². The number of anilines is 2. The van der Waals surface area contributed by atoms with E-state index < -0.39 is 0 Å². The molecule has 3 aromatic rings. The number of halogens is 1. The summed E-state index contributed by atoms with van der Waals surface area (Å²) in [5.41, 5.74) is 20.7. The van der Waals surface area contributed by atoms with Crippen LogP contribution in [0.15, 0.2) is 24.8 Å². The number of aryl methyl sites for hydroxylation is 2. The van der Waals surface area contributed by atoms with Crippen molar-refractivity contribution in [1.29, 1.82) is 0 Å². The molecular formula is C35H53ClN8. The van der Waals surface area contributed by atoms with Crippen LogP contribution < -0.4 is 16.4 Å². The Morgan fingerprint density at radius 2 is 1.86 bits per heavy atom. The van der Waals surface area contributed by atoms with Crippen LogP contribution in [-0.4, -0.2) is 50.8 Å². The van der Waals surface area contributed by atoms with E-state index in [0.29, 0.717) is 5.92 Å². The van der Waals surface area contributed by atoms with E-state index in [-0.39, 0.29) is 5.54 Å². The Bertz CT molecular complexity index is 1450. The van der Waals surface area contributed by atoms with Crippen molar-refractivity contribution in [3.05, 3.63) is 69.4 Å². The van der Waals surface area contributed by atoms with Crippen LogP contribution in [0.1, 0.15) is 106 Å². The van der Waals surface area contributed by atoms with E-state index in [1.165, 1.54) is 28.1 Å². The van der Waals surface area contributed by atoms with Gasteiger partial charge in [-0.3, -0.25) is 4.68 Å². The summed E-state index contributed by atoms with van der Waals surface area (Å²) in [7, 11) is 4.02. The fourth-order valence-corrected chi connectivity index (χ4v) is 6.23. The van der Waals surface area contributed by atoms with E-state index in [1.807, 2.05) is 38.9 Å². The number of nitrogens with two attached hydrogens (primary N) is 2. The van der Waals surface area contributed by atoms with Gasteiger partial charge in [0.15, 0.2) is 0 Å². The highest BCUT2D eigenvalue weighted by atomic mass is 35.5. The molecule has 5 rings (SSSR count). The topological polar surface area (TPSA) is 102 Å². The first-order chi connectivity index (χ1) is 20.8. The van der Waals surface area contributed by atoms with Crippen LogP contribution in [-0.2, 0) is 38.8 Å². The summed E-state index contributed by atoms with van der Waals surface area (Å²) in [6.45, 7) is 17.3. The van der Waals surface area contributed by atoms with Gasteiger partial charge in [-0.2, -0.15) is 5.10 Å². The van der Waals surface area contributed by atoms with Gasteiger partial charge >= 0.3 is 0 Å². The Morgan fingerprint density at radius 1 is 1.14 bits per heavy atom. The van der Waals surface area contributed by atoms with Crippen molar-refractivity contribution in [3.8, 4) is 0 Å². The largest absolute Gasteiger partial charge is 0.399 e. The minimum Gasteiger partial charge on any atom is -0.399 e. The zero-order chi connectivity index (χ0) is 32.2. The van der Waals surface area contributed by atoms with Gasteiger partial charge < -0.3 is 21.3 Å². The smallest absolute Gasteiger partial charge is 0.136 e. The predicted octanol–water partition coefficient (Wildman–Crippen LogP) is 6.77. The minimum absolute atomic E-state index is 0.0417. The summed E-state index contributed by atoms with van der Waals surface area (Å²) >= 11 is 6.68. The van der Waals surface area contributed by atoms with Crippen molar-refractivity contribution >= 4 is 28.8 Å². The van der Waals surface area contributed by atoms with Crippen LogP contribution >= 0.6 is 11.6 Å². The van der Waals surface area contributed by atoms with Gasteiger partial charge in [0.2, 0.25) is 0 Å². The molecule has 4 N–H and O–H groups in total. The zero-order valence-electron chi connectivity index (χ0n) is 28.0. The second-order valence-electron chi connectivity index (χ2n) is 13.2. The van der Waals surface area contributed by atoms with Gasteiger partial charge in [0, 0.05) is 55.4 Å². The number of rotatable bonds is 8. The highest BCUT2D eigenvalue weighted by molar-refractivity contribution is 6.31. The first-order valence-corrected chi connectivity index (χ1v) is 16.7. The minimum atomic E-state index is 0.0417. The monoisotopic (exact) mass is 620 g/mol. The van der Waals surface area contributed by atoms with Gasteiger partial charge in [-0.25, -0.2) is 9.97 Å². The highest BCUT2D eigenvalue weighted by Gasteiger charge is 2.30. The molecule has 1 unspecified atom stereocenters. The maximum atomic E-state index is 6.68. The first-order valence-electron chi connectivity index (χ1n) is 16.3. The molecule has 2 aromatic heterocycles. The van der Waals surface area contributed by atoms with Crippen LogP contribution in [0, 0.1) is 0 Å². The van der Waals surface area contributed by atoms with Crippen LogP contribution in [0.5, 0.6) is 0 Å². The molecule has 240 valence electrons. The van der Waals surface area contributed by atoms with Crippen LogP contribution in [0.2, 0.25) is 5.02 Å². The molecule has 3 heterocycles. The number of nitrogens with zero attached hydrogens (tertiary/aromatic N) is 6. The quantitative estimate of drug-likeness (QED) is 0.268. The SMILES string of the molecule is C=C(c1cc2n(n1)CCCN(c1nc(CC)nc3c1CCC(c1cc(N)cc(Cl)c1CCC)C3)C2)N(C)C.CCC(C)(C)N. The average molecular weight is 621 g/mol. The second-order valence-corrected chi connectivity index (χ2v) is 13.6. The fraction of sp³-hybridized carbons (Fsp3) is 0.571. The standard InChI is InChI=1S/C30H40ClN7.C5H13N/c1-6-9-23-25(15-21(32)16-26(23)31)20-10-11-24-28(14-20)33-29(7-2)34-30(24)37-12-8-13-38-22(18-37)17-27(35-38)19(3)36(4)5;1-4-5(2,3)6/h15-17,20H,3,6-14,18,32H2,1-2,4-5H3;4,6H2,1-3H3. The molecule has 0 spiro atoms. The van der Waals surface area contributed by atoms with Crippen molar-refractivity contribution in [2.75, 3.05) is 31.3 Å². The predicted molar refractivity (Wildman–Crippen MR) is 185 cm³/mol. The van der Waals surface area contributed by atoms with Crippen LogP contribution in [0.4, 0.5) is 11.5 Å². The van der Waals surface area contributed by atoms with Gasteiger partial charge in [-0.1, -0.05) is 45.4 Å². The molecule has 0 amide bonds. The van der Waals surface area contributed by atoms with Crippen molar-refractivity contribution < 1.29 is 0 Å². The summed E-state index contributed by atoms with van der Waals surface area (Å²) in [5, 5.41) is 5.65. The lowest BCUT2D eigenvalue weighted by molar-refractivity contribution is 0.501. The third-order valence-corrected chi connectivity index (χ3v) is 9.21. The van der Waals surface area contributed by atoms with Gasteiger partial charge in [0.1, 0.15) is 17.3 Å². The number of aromatic nitrogens is 4. The third-order valence-electron chi connectivity index (χ3n) is 8.87. The van der Waals surface area contributed by atoms with Crippen molar-refractivity contribution in [2.45, 2.75) is 111 Å². The summed E-state index contributed by atoms with van der Waals surface area (Å²) in [4.78, 5) is 14.6. The lowest BCUT2D eigenvalue weighted by Crippen LogP contribution is -2.30. The van der Waals surface area contributed by atoms with E-state index in [2.05, 4.69) is 49.1 Å². The van der Waals surface area contributed by atoms with Gasteiger partial charge in [0.05, 0.1) is 23.6 Å². The summed E-state index contributed by atoms with van der Waals surface area (Å²) < 4.78 is 2.15. The van der Waals surface area contributed by atoms with Gasteiger partial charge in [-0.05, 0) is 87.6 Å². The molecule has 0 radical (unpaired) electrons. The lowest BCUT2D eigenvalue weighted by atomic mass is 9.79. The van der Waals surface area contributed by atoms with Crippen LogP contribution in [0.3, 0.4) is 0 Å². The van der Waals surface area contributed by atoms with E-state index in [9.17, 15) is 0 Å². The normalized spacial score (nSPS) is 16.4. The highest BCUT2D eigenvalue weighted by Crippen LogP contribution is 2.40. The summed E-state index contributed by atoms with van der Waals surface area (Å²) in [5.74, 6) is 2.38. The summed E-state index contributed by atoms with van der Waals surface area (Å²) in [6.07, 6.45) is 7.81. The fourth-order valence-electron chi connectivity index (χ4n) is 5.90. The van der Waals surface area contributed by atoms with Gasteiger partial charge in [0.25, 0.3) is 0 Å². The van der Waals surface area contributed by atoms with E-state index in [4.69, 9.17) is 38.1 Å². The molecule has 1 aliphatic carbocycles. The molecule has 0 saturated carbocycles. The van der Waals surface area contributed by atoms with Crippen molar-refractivity contribution in [3.63, 3.8) is 0 Å². The van der Waals surface area contributed by atoms with E-state index in [1.54, 1.807) is 0 Å². The molecule has 8 nitrogen and oxygen atoms in total. The number of benzene rings is 1. The molecule has 0 fully saturated rings. The Morgan fingerprint density at radius 3 is 2.50 bits per heavy atom. The molecule has 0 saturated heterocycles. The number of hydrogen-bond acceptors (Lipinski definition) is 7.